The molecule has 6 nitrogen and oxygen atoms in total. The number of amides is 1. The average Bonchev–Trinajstić information content (AvgIpc) is 2.95. The summed E-state index contributed by atoms with van der Waals surface area (Å²) in [4.78, 5) is 17.2. The fraction of sp³-hybridized carbons (Fsp3) is 0.214. The fourth-order valence-electron chi connectivity index (χ4n) is 1.35. The molecule has 0 aliphatic rings. The van der Waals surface area contributed by atoms with Crippen LogP contribution in [0.1, 0.15) is 0 Å². The molecule has 0 radical (unpaired) electrons. The van der Waals surface area contributed by atoms with Gasteiger partial charge in [0.25, 0.3) is 10.4 Å². The summed E-state index contributed by atoms with van der Waals surface area (Å²) in [5.41, 5.74) is 0. The summed E-state index contributed by atoms with van der Waals surface area (Å²) in [6.45, 7) is 0.277. The van der Waals surface area contributed by atoms with Gasteiger partial charge in [-0.1, -0.05) is 23.2 Å². The second-order valence-electron chi connectivity index (χ2n) is 4.48. The quantitative estimate of drug-likeness (QED) is 0.642. The number of benzene rings is 1. The Morgan fingerprint density at radius 1 is 1.29 bits per heavy atom. The van der Waals surface area contributed by atoms with Gasteiger partial charge in [-0.3, -0.25) is 4.79 Å². The third kappa shape index (κ3) is 6.20. The molecule has 2 aromatic rings. The van der Waals surface area contributed by atoms with Crippen molar-refractivity contribution in [2.75, 3.05) is 20.7 Å². The molecule has 1 amide bonds. The van der Waals surface area contributed by atoms with Gasteiger partial charge in [0.2, 0.25) is 5.16 Å². The van der Waals surface area contributed by atoms with Gasteiger partial charge in [-0.2, -0.15) is 9.36 Å². The number of rotatable bonds is 6. The number of halogens is 2. The fourth-order valence-corrected chi connectivity index (χ4v) is 2.72. The number of hydrogen-bond acceptors (Lipinski definition) is 7. The van der Waals surface area contributed by atoms with Gasteiger partial charge < -0.3 is 14.4 Å². The van der Waals surface area contributed by atoms with Gasteiger partial charge in [0, 0.05) is 37.4 Å². The third-order valence-corrected chi connectivity index (χ3v) is 4.37. The Hall–Kier alpha value is -1.48. The third-order valence-electron chi connectivity index (χ3n) is 2.45. The van der Waals surface area contributed by atoms with Crippen LogP contribution >= 0.6 is 46.5 Å². The number of nitrogens with zero attached hydrogens (tertiary/aromatic N) is 3. The van der Waals surface area contributed by atoms with Crippen LogP contribution in [0.5, 0.6) is 16.7 Å². The molecule has 0 unspecified atom stereocenters. The van der Waals surface area contributed by atoms with Crippen LogP contribution in [-0.4, -0.2) is 40.2 Å². The lowest BCUT2D eigenvalue weighted by Gasteiger charge is -2.06. The molecule has 0 atom stereocenters. The summed E-state index contributed by atoms with van der Waals surface area (Å²) < 4.78 is 15.3. The Labute approximate surface area is 157 Å². The van der Waals surface area contributed by atoms with Gasteiger partial charge in [-0.05, 0) is 30.3 Å². The first-order valence-corrected chi connectivity index (χ1v) is 8.93. The van der Waals surface area contributed by atoms with Crippen molar-refractivity contribution >= 4 is 51.7 Å². The van der Waals surface area contributed by atoms with Crippen molar-refractivity contribution in [3.63, 3.8) is 0 Å². The second-order valence-corrected chi connectivity index (χ2v) is 7.12. The van der Waals surface area contributed by atoms with Crippen LogP contribution in [-0.2, 0) is 0 Å². The summed E-state index contributed by atoms with van der Waals surface area (Å²) in [6, 6.07) is 6.97. The predicted octanol–water partition coefficient (Wildman–Crippen LogP) is 4.80. The standard InChI is InChI=1S/C14H13Cl2N3O3S2/c1-19(2)14(20)23-12-17-13(24-18-12)22-10-5-3-9(4-6-10)21-8-7-11(15)16/h3-7H,8H2,1-2H3. The summed E-state index contributed by atoms with van der Waals surface area (Å²) in [7, 11) is 3.33. The maximum absolute atomic E-state index is 11.6. The lowest BCUT2D eigenvalue weighted by Crippen LogP contribution is -2.16. The second kappa shape index (κ2) is 9.12. The zero-order valence-corrected chi connectivity index (χ0v) is 15.9. The molecule has 0 bridgehead atoms. The molecule has 0 aliphatic heterocycles. The molecular formula is C14H13Cl2N3O3S2. The van der Waals surface area contributed by atoms with Crippen molar-refractivity contribution in [3.8, 4) is 16.7 Å². The Morgan fingerprint density at radius 3 is 2.58 bits per heavy atom. The van der Waals surface area contributed by atoms with E-state index in [1.165, 1.54) is 4.90 Å². The van der Waals surface area contributed by atoms with Crippen molar-refractivity contribution in [1.29, 1.82) is 0 Å². The maximum Gasteiger partial charge on any atom is 0.299 e. The first kappa shape index (κ1) is 18.9. The summed E-state index contributed by atoms with van der Waals surface area (Å²) in [5.74, 6) is 1.23. The monoisotopic (exact) mass is 405 g/mol. The molecule has 0 saturated heterocycles. The molecule has 0 fully saturated rings. The topological polar surface area (TPSA) is 64.6 Å². The minimum absolute atomic E-state index is 0.146. The largest absolute Gasteiger partial charge is 0.489 e. The average molecular weight is 406 g/mol. The van der Waals surface area contributed by atoms with Gasteiger partial charge in [0.1, 0.15) is 22.6 Å². The van der Waals surface area contributed by atoms with E-state index in [0.717, 1.165) is 23.3 Å². The highest BCUT2D eigenvalue weighted by atomic mass is 35.5. The Morgan fingerprint density at radius 2 is 1.96 bits per heavy atom. The van der Waals surface area contributed by atoms with Crippen LogP contribution < -0.4 is 9.47 Å². The molecular weight excluding hydrogens is 393 g/mol. The highest BCUT2D eigenvalue weighted by Gasteiger charge is 2.13. The van der Waals surface area contributed by atoms with Crippen LogP contribution in [0.15, 0.2) is 40.0 Å². The minimum atomic E-state index is -0.146. The van der Waals surface area contributed by atoms with E-state index < -0.39 is 0 Å². The SMILES string of the molecule is CN(C)C(=O)Sc1nsc(Oc2ccc(OCC=C(Cl)Cl)cc2)n1. The zero-order valence-electron chi connectivity index (χ0n) is 12.7. The molecule has 1 aromatic heterocycles. The van der Waals surface area contributed by atoms with E-state index in [-0.39, 0.29) is 16.3 Å². The summed E-state index contributed by atoms with van der Waals surface area (Å²) in [5, 5.41) is 0.569. The van der Waals surface area contributed by atoms with E-state index in [4.69, 9.17) is 32.7 Å². The summed E-state index contributed by atoms with van der Waals surface area (Å²) in [6.07, 6.45) is 1.54. The number of carbonyl (C=O) groups is 1. The molecule has 2 rings (SSSR count). The van der Waals surface area contributed by atoms with E-state index >= 15 is 0 Å². The van der Waals surface area contributed by atoms with Gasteiger partial charge in [-0.15, -0.1) is 0 Å². The Balaban J connectivity index is 1.91. The first-order valence-electron chi connectivity index (χ1n) is 6.59. The molecule has 0 N–H and O–H groups in total. The maximum atomic E-state index is 11.6. The van der Waals surface area contributed by atoms with Gasteiger partial charge in [0.05, 0.1) is 0 Å². The van der Waals surface area contributed by atoms with Crippen LogP contribution in [0.2, 0.25) is 0 Å². The van der Waals surface area contributed by atoms with Gasteiger partial charge in [0.15, 0.2) is 0 Å². The smallest absolute Gasteiger partial charge is 0.299 e. The van der Waals surface area contributed by atoms with E-state index in [0.29, 0.717) is 21.8 Å². The van der Waals surface area contributed by atoms with Crippen LogP contribution in [0.4, 0.5) is 4.79 Å². The van der Waals surface area contributed by atoms with Gasteiger partial charge in [-0.25, -0.2) is 0 Å². The predicted molar refractivity (Wildman–Crippen MR) is 96.6 cm³/mol. The number of ether oxygens (including phenoxy) is 2. The molecule has 1 aromatic carbocycles. The normalized spacial score (nSPS) is 10.2. The highest BCUT2D eigenvalue weighted by molar-refractivity contribution is 8.13. The first-order chi connectivity index (χ1) is 11.4. The highest BCUT2D eigenvalue weighted by Crippen LogP contribution is 2.28. The lowest BCUT2D eigenvalue weighted by atomic mass is 10.3. The molecule has 10 heteroatoms. The molecule has 24 heavy (non-hydrogen) atoms. The number of carbonyl (C=O) groups excluding carboxylic acids is 1. The Bertz CT molecular complexity index is 716. The van der Waals surface area contributed by atoms with Gasteiger partial charge >= 0.3 is 0 Å². The van der Waals surface area contributed by atoms with Crippen molar-refractivity contribution < 1.29 is 14.3 Å². The number of aromatic nitrogens is 2. The van der Waals surface area contributed by atoms with E-state index in [9.17, 15) is 4.79 Å². The van der Waals surface area contributed by atoms with Crippen LogP contribution in [0, 0.1) is 0 Å². The molecule has 0 spiro atoms. The van der Waals surface area contributed by atoms with E-state index in [2.05, 4.69) is 9.36 Å². The van der Waals surface area contributed by atoms with Crippen molar-refractivity contribution in [2.45, 2.75) is 5.16 Å². The number of thioether (sulfide) groups is 1. The van der Waals surface area contributed by atoms with Crippen molar-refractivity contribution in [3.05, 3.63) is 34.8 Å². The van der Waals surface area contributed by atoms with Crippen LogP contribution in [0.25, 0.3) is 0 Å². The van der Waals surface area contributed by atoms with E-state index in [1.807, 2.05) is 0 Å². The molecule has 128 valence electrons. The summed E-state index contributed by atoms with van der Waals surface area (Å²) >= 11 is 13.0. The minimum Gasteiger partial charge on any atom is -0.489 e. The molecule has 1 heterocycles. The van der Waals surface area contributed by atoms with E-state index in [1.54, 1.807) is 44.4 Å². The Kier molecular flexibility index (Phi) is 7.16. The lowest BCUT2D eigenvalue weighted by molar-refractivity contribution is 0.241. The molecule has 0 saturated carbocycles. The zero-order chi connectivity index (χ0) is 17.5. The van der Waals surface area contributed by atoms with Crippen molar-refractivity contribution in [1.82, 2.24) is 14.3 Å². The molecule has 0 aliphatic carbocycles. The van der Waals surface area contributed by atoms with Crippen LogP contribution in [0.3, 0.4) is 0 Å². The van der Waals surface area contributed by atoms with Crippen molar-refractivity contribution in [2.24, 2.45) is 0 Å². The number of hydrogen-bond donors (Lipinski definition) is 0.